The molecule has 0 spiro atoms. The first-order chi connectivity index (χ1) is 13.3. The van der Waals surface area contributed by atoms with Gasteiger partial charge in [0.1, 0.15) is 0 Å². The summed E-state index contributed by atoms with van der Waals surface area (Å²) in [5.41, 5.74) is 4.63. The van der Waals surface area contributed by atoms with Crippen molar-refractivity contribution in [2.45, 2.75) is 92.9 Å². The maximum Gasteiger partial charge on any atom is -0.00474 e. The van der Waals surface area contributed by atoms with Crippen LogP contribution in [0.25, 0.3) is 0 Å². The number of hydrogen-bond acceptors (Lipinski definition) is 0. The predicted molar refractivity (Wildman–Crippen MR) is 122 cm³/mol. The fourth-order valence-electron chi connectivity index (χ4n) is 7.79. The smallest absolute Gasteiger partial charge is 0.00474 e. The van der Waals surface area contributed by atoms with E-state index in [1.54, 1.807) is 5.57 Å². The van der Waals surface area contributed by atoms with Crippen molar-refractivity contribution < 1.29 is 0 Å². The molecule has 0 amide bonds. The Hall–Kier alpha value is -0.780. The first kappa shape index (κ1) is 20.5. The van der Waals surface area contributed by atoms with Gasteiger partial charge < -0.3 is 0 Å². The Morgan fingerprint density at radius 1 is 1.00 bits per heavy atom. The van der Waals surface area contributed by atoms with Crippen LogP contribution in [0.3, 0.4) is 0 Å². The van der Waals surface area contributed by atoms with E-state index in [4.69, 9.17) is 0 Å². The Morgan fingerprint density at radius 3 is 2.54 bits per heavy atom. The van der Waals surface area contributed by atoms with Crippen LogP contribution >= 0.6 is 0 Å². The molecular weight excluding hydrogens is 336 g/mol. The number of fused-ring (bicyclic) bond motifs is 5. The van der Waals surface area contributed by atoms with Crippen LogP contribution in [0.4, 0.5) is 0 Å². The average molecular weight is 381 g/mol. The van der Waals surface area contributed by atoms with Gasteiger partial charge in [0.15, 0.2) is 0 Å². The summed E-state index contributed by atoms with van der Waals surface area (Å²) in [5, 5.41) is 0. The molecule has 7 atom stereocenters. The zero-order chi connectivity index (χ0) is 20.1. The Balaban J connectivity index is 1.57. The van der Waals surface area contributed by atoms with Gasteiger partial charge in [0.2, 0.25) is 0 Å². The molecule has 7 unspecified atom stereocenters. The normalized spacial score (nSPS) is 44.0. The lowest BCUT2D eigenvalue weighted by atomic mass is 9.49. The summed E-state index contributed by atoms with van der Waals surface area (Å²) in [4.78, 5) is 0. The van der Waals surface area contributed by atoms with Crippen molar-refractivity contribution in [2.24, 2.45) is 46.3 Å². The Morgan fingerprint density at radius 2 is 1.79 bits per heavy atom. The van der Waals surface area contributed by atoms with Gasteiger partial charge in [-0.3, -0.25) is 0 Å². The predicted octanol–water partition coefficient (Wildman–Crippen LogP) is 8.36. The van der Waals surface area contributed by atoms with Gasteiger partial charge in [-0.05, 0) is 97.7 Å². The van der Waals surface area contributed by atoms with Crippen LogP contribution in [0.2, 0.25) is 0 Å². The Labute approximate surface area is 175 Å². The van der Waals surface area contributed by atoms with Crippen molar-refractivity contribution in [1.82, 2.24) is 0 Å². The van der Waals surface area contributed by atoms with E-state index < -0.39 is 0 Å². The summed E-state index contributed by atoms with van der Waals surface area (Å²) in [6.45, 7) is 14.9. The maximum absolute atomic E-state index is 2.66. The van der Waals surface area contributed by atoms with E-state index in [1.807, 2.05) is 5.57 Å². The van der Waals surface area contributed by atoms with E-state index in [1.165, 1.54) is 51.4 Å². The molecule has 0 aliphatic heterocycles. The molecule has 0 nitrogen and oxygen atoms in total. The molecule has 3 saturated carbocycles. The summed E-state index contributed by atoms with van der Waals surface area (Å²) in [5.74, 6) is 4.93. The van der Waals surface area contributed by atoms with Gasteiger partial charge in [0, 0.05) is 0 Å². The van der Waals surface area contributed by atoms with Crippen LogP contribution in [-0.2, 0) is 0 Å². The summed E-state index contributed by atoms with van der Waals surface area (Å²) in [6, 6.07) is 0. The molecule has 0 heterocycles. The summed E-state index contributed by atoms with van der Waals surface area (Å²) in [7, 11) is 0. The molecule has 4 aliphatic carbocycles. The van der Waals surface area contributed by atoms with Crippen molar-refractivity contribution in [1.29, 1.82) is 0 Å². The van der Waals surface area contributed by atoms with Crippen LogP contribution in [0, 0.1) is 46.3 Å². The van der Waals surface area contributed by atoms with Gasteiger partial charge in [-0.25, -0.2) is 0 Å². The van der Waals surface area contributed by atoms with Crippen LogP contribution in [0.5, 0.6) is 0 Å². The van der Waals surface area contributed by atoms with Gasteiger partial charge in [-0.15, -0.1) is 0 Å². The monoisotopic (exact) mass is 380 g/mol. The first-order valence-corrected chi connectivity index (χ1v) is 12.3. The van der Waals surface area contributed by atoms with E-state index in [-0.39, 0.29) is 0 Å². The van der Waals surface area contributed by atoms with E-state index >= 15 is 0 Å². The molecular formula is C28H44. The minimum atomic E-state index is 0.471. The first-order valence-electron chi connectivity index (χ1n) is 12.3. The van der Waals surface area contributed by atoms with Crippen molar-refractivity contribution in [3.05, 3.63) is 35.5 Å². The average Bonchev–Trinajstić information content (AvgIpc) is 2.99. The molecule has 0 bridgehead atoms. The lowest BCUT2D eigenvalue weighted by Gasteiger charge is -2.55. The second-order valence-electron chi connectivity index (χ2n) is 11.9. The molecule has 3 fully saturated rings. The number of allylic oxidation sites excluding steroid dienone is 6. The highest BCUT2D eigenvalue weighted by atomic mass is 14.6. The summed E-state index contributed by atoms with van der Waals surface area (Å²) < 4.78 is 0. The van der Waals surface area contributed by atoms with Crippen LogP contribution < -0.4 is 0 Å². The maximum atomic E-state index is 2.66. The second kappa shape index (κ2) is 7.48. The molecule has 156 valence electrons. The van der Waals surface area contributed by atoms with E-state index in [2.05, 4.69) is 65.8 Å². The van der Waals surface area contributed by atoms with Crippen molar-refractivity contribution in [2.75, 3.05) is 0 Å². The van der Waals surface area contributed by atoms with E-state index in [0.717, 1.165) is 35.5 Å². The topological polar surface area (TPSA) is 0 Å². The molecule has 0 saturated heterocycles. The van der Waals surface area contributed by atoms with Crippen LogP contribution in [0.15, 0.2) is 35.5 Å². The highest BCUT2D eigenvalue weighted by molar-refractivity contribution is 5.38. The van der Waals surface area contributed by atoms with Gasteiger partial charge in [0.05, 0.1) is 0 Å². The third kappa shape index (κ3) is 3.27. The molecule has 4 aliphatic rings. The van der Waals surface area contributed by atoms with Crippen molar-refractivity contribution >= 4 is 0 Å². The Kier molecular flexibility index (Phi) is 5.47. The fourth-order valence-corrected chi connectivity index (χ4v) is 7.79. The molecule has 4 rings (SSSR count). The van der Waals surface area contributed by atoms with Gasteiger partial charge in [-0.2, -0.15) is 0 Å². The van der Waals surface area contributed by atoms with Gasteiger partial charge in [0.25, 0.3) is 0 Å². The molecule has 0 aromatic carbocycles. The fraction of sp³-hybridized carbons (Fsp3) is 0.786. The van der Waals surface area contributed by atoms with Crippen molar-refractivity contribution in [3.63, 3.8) is 0 Å². The third-order valence-electron chi connectivity index (χ3n) is 9.57. The van der Waals surface area contributed by atoms with E-state index in [0.29, 0.717) is 10.8 Å². The minimum absolute atomic E-state index is 0.471. The molecule has 0 N–H and O–H groups in total. The SMILES string of the molecule is CC(C)C/C=C/C(C)C1CCC2C3=CC=C4CC(C)CCC4(C)C3CCC21C. The standard InChI is InChI=1S/C28H44/c1-19(2)8-7-9-21(4)24-12-13-25-23-11-10-22-18-20(3)14-16-27(22,5)26(23)15-17-28(24,25)6/h7,9-11,19-21,24-26H,8,12-18H2,1-6H3/b9-7+. The molecule has 0 radical (unpaired) electrons. The van der Waals surface area contributed by atoms with Crippen LogP contribution in [-0.4, -0.2) is 0 Å². The summed E-state index contributed by atoms with van der Waals surface area (Å²) in [6.07, 6.45) is 21.4. The molecule has 28 heavy (non-hydrogen) atoms. The minimum Gasteiger partial charge on any atom is -0.0880 e. The quantitative estimate of drug-likeness (QED) is 0.430. The zero-order valence-electron chi connectivity index (χ0n) is 19.4. The van der Waals surface area contributed by atoms with Gasteiger partial charge in [-0.1, -0.05) is 77.0 Å². The second-order valence-corrected chi connectivity index (χ2v) is 11.9. The molecule has 0 aromatic heterocycles. The van der Waals surface area contributed by atoms with Crippen molar-refractivity contribution in [3.8, 4) is 0 Å². The highest BCUT2D eigenvalue weighted by Crippen LogP contribution is 2.66. The van der Waals surface area contributed by atoms with Crippen LogP contribution in [0.1, 0.15) is 92.9 Å². The molecule has 0 aromatic rings. The number of hydrogen-bond donors (Lipinski definition) is 0. The molecule has 0 heteroatoms. The van der Waals surface area contributed by atoms with Gasteiger partial charge >= 0.3 is 0 Å². The summed E-state index contributed by atoms with van der Waals surface area (Å²) >= 11 is 0. The lowest BCUT2D eigenvalue weighted by Crippen LogP contribution is -2.45. The largest absolute Gasteiger partial charge is 0.0880 e. The zero-order valence-corrected chi connectivity index (χ0v) is 19.4. The van der Waals surface area contributed by atoms with E-state index in [9.17, 15) is 0 Å². The number of rotatable bonds is 4. The third-order valence-corrected chi connectivity index (χ3v) is 9.57. The lowest BCUT2D eigenvalue weighted by molar-refractivity contribution is 0.0540. The Bertz CT molecular complexity index is 676. The highest BCUT2D eigenvalue weighted by Gasteiger charge is 2.56.